The predicted octanol–water partition coefficient (Wildman–Crippen LogP) is 4.30. The highest BCUT2D eigenvalue weighted by atomic mass is 35.5. The molecule has 0 atom stereocenters. The zero-order chi connectivity index (χ0) is 18.5. The number of β-amino-alcohol motifs (C(OH)–C–C–N with tert-alkyl or cyclic N) is 1. The standard InChI is InChI=1S/C20H21Cl2FN2O/c1-20(26)11-24(12-20)8-13-5-6-15(7-18(13)23)25-9-14(10-25)19-16(21)3-2-4-17(19)22/h2-7,14,26H,8-12H2,1H3. The quantitative estimate of drug-likeness (QED) is 0.836. The van der Waals surface area contributed by atoms with Gasteiger partial charge in [-0.2, -0.15) is 0 Å². The summed E-state index contributed by atoms with van der Waals surface area (Å²) in [7, 11) is 0. The van der Waals surface area contributed by atoms with Crippen LogP contribution in [0.5, 0.6) is 0 Å². The maximum Gasteiger partial charge on any atom is 0.129 e. The summed E-state index contributed by atoms with van der Waals surface area (Å²) in [6.07, 6.45) is 0. The predicted molar refractivity (Wildman–Crippen MR) is 104 cm³/mol. The molecule has 0 amide bonds. The third-order valence-corrected chi connectivity index (χ3v) is 5.87. The van der Waals surface area contributed by atoms with Crippen LogP contribution >= 0.6 is 23.2 Å². The number of hydrogen-bond acceptors (Lipinski definition) is 3. The Labute approximate surface area is 162 Å². The average molecular weight is 395 g/mol. The Hall–Kier alpha value is -1.33. The normalized spacial score (nSPS) is 20.0. The van der Waals surface area contributed by atoms with Crippen molar-refractivity contribution in [2.75, 3.05) is 31.1 Å². The highest BCUT2D eigenvalue weighted by Crippen LogP contribution is 2.39. The molecule has 4 rings (SSSR count). The molecule has 2 fully saturated rings. The molecule has 2 heterocycles. The minimum absolute atomic E-state index is 0.201. The molecule has 0 unspecified atom stereocenters. The van der Waals surface area contributed by atoms with Gasteiger partial charge < -0.3 is 10.0 Å². The molecule has 2 aromatic carbocycles. The van der Waals surface area contributed by atoms with E-state index < -0.39 is 5.60 Å². The van der Waals surface area contributed by atoms with Crippen LogP contribution in [-0.2, 0) is 6.54 Å². The molecule has 26 heavy (non-hydrogen) atoms. The van der Waals surface area contributed by atoms with E-state index in [0.29, 0.717) is 35.2 Å². The van der Waals surface area contributed by atoms with Crippen molar-refractivity contribution < 1.29 is 9.50 Å². The molecule has 0 bridgehead atoms. The molecule has 0 aromatic heterocycles. The number of likely N-dealkylation sites (tertiary alicyclic amines) is 1. The van der Waals surface area contributed by atoms with Crippen molar-refractivity contribution in [3.05, 3.63) is 63.4 Å². The topological polar surface area (TPSA) is 26.7 Å². The summed E-state index contributed by atoms with van der Waals surface area (Å²) < 4.78 is 14.5. The van der Waals surface area contributed by atoms with Gasteiger partial charge in [-0.05, 0) is 36.8 Å². The Balaban J connectivity index is 1.40. The number of halogens is 3. The summed E-state index contributed by atoms with van der Waals surface area (Å²) in [4.78, 5) is 4.17. The monoisotopic (exact) mass is 394 g/mol. The minimum Gasteiger partial charge on any atom is -0.388 e. The SMILES string of the molecule is CC1(O)CN(Cc2ccc(N3CC(c4c(Cl)cccc4Cl)C3)cc2F)C1. The fraction of sp³-hybridized carbons (Fsp3) is 0.400. The summed E-state index contributed by atoms with van der Waals surface area (Å²) in [6, 6.07) is 10.9. The van der Waals surface area contributed by atoms with Gasteiger partial charge in [-0.3, -0.25) is 4.90 Å². The number of anilines is 1. The van der Waals surface area contributed by atoms with Crippen molar-refractivity contribution in [1.29, 1.82) is 0 Å². The van der Waals surface area contributed by atoms with Gasteiger partial charge in [0, 0.05) is 59.9 Å². The maximum absolute atomic E-state index is 14.5. The average Bonchev–Trinajstić information content (AvgIpc) is 2.49. The molecule has 6 heteroatoms. The van der Waals surface area contributed by atoms with Crippen LogP contribution in [0.2, 0.25) is 10.0 Å². The van der Waals surface area contributed by atoms with E-state index in [-0.39, 0.29) is 11.7 Å². The van der Waals surface area contributed by atoms with E-state index in [9.17, 15) is 9.50 Å². The Bertz CT molecular complexity index is 808. The van der Waals surface area contributed by atoms with E-state index in [0.717, 1.165) is 24.3 Å². The van der Waals surface area contributed by atoms with Crippen molar-refractivity contribution in [3.8, 4) is 0 Å². The molecule has 2 aliphatic heterocycles. The number of rotatable bonds is 4. The van der Waals surface area contributed by atoms with Crippen LogP contribution in [0, 0.1) is 5.82 Å². The minimum atomic E-state index is -0.636. The van der Waals surface area contributed by atoms with Crippen LogP contribution in [0.15, 0.2) is 36.4 Å². The first kappa shape index (κ1) is 18.1. The second-order valence-corrected chi connectivity index (χ2v) is 8.47. The molecule has 0 saturated carbocycles. The molecule has 2 aliphatic rings. The highest BCUT2D eigenvalue weighted by molar-refractivity contribution is 6.36. The molecular weight excluding hydrogens is 374 g/mol. The van der Waals surface area contributed by atoms with Crippen LogP contribution in [-0.4, -0.2) is 41.8 Å². The largest absolute Gasteiger partial charge is 0.388 e. The fourth-order valence-corrected chi connectivity index (χ4v) is 4.61. The van der Waals surface area contributed by atoms with Crippen LogP contribution in [0.1, 0.15) is 24.0 Å². The zero-order valence-electron chi connectivity index (χ0n) is 14.6. The number of nitrogens with zero attached hydrogens (tertiary/aromatic N) is 2. The first-order valence-electron chi connectivity index (χ1n) is 8.74. The van der Waals surface area contributed by atoms with Crippen molar-refractivity contribution in [3.63, 3.8) is 0 Å². The van der Waals surface area contributed by atoms with Gasteiger partial charge in [-0.1, -0.05) is 35.3 Å². The maximum atomic E-state index is 14.5. The Morgan fingerprint density at radius 1 is 1.15 bits per heavy atom. The molecule has 0 spiro atoms. The summed E-state index contributed by atoms with van der Waals surface area (Å²) in [5, 5.41) is 11.2. The van der Waals surface area contributed by atoms with E-state index in [1.807, 2.05) is 35.2 Å². The van der Waals surface area contributed by atoms with Gasteiger partial charge in [-0.25, -0.2) is 4.39 Å². The van der Waals surface area contributed by atoms with Gasteiger partial charge in [0.25, 0.3) is 0 Å². The molecule has 138 valence electrons. The van der Waals surface area contributed by atoms with Gasteiger partial charge >= 0.3 is 0 Å². The Morgan fingerprint density at radius 3 is 2.38 bits per heavy atom. The summed E-state index contributed by atoms with van der Waals surface area (Å²) in [5.41, 5.74) is 1.88. The fourth-order valence-electron chi connectivity index (χ4n) is 3.90. The Kier molecular flexibility index (Phi) is 4.64. The summed E-state index contributed by atoms with van der Waals surface area (Å²) >= 11 is 12.6. The van der Waals surface area contributed by atoms with Crippen molar-refractivity contribution in [2.24, 2.45) is 0 Å². The van der Waals surface area contributed by atoms with Gasteiger partial charge in [0.1, 0.15) is 5.82 Å². The molecule has 1 N–H and O–H groups in total. The second kappa shape index (κ2) is 6.68. The first-order valence-corrected chi connectivity index (χ1v) is 9.50. The number of aliphatic hydroxyl groups is 1. The summed E-state index contributed by atoms with van der Waals surface area (Å²) in [5.74, 6) is 0.0653. The van der Waals surface area contributed by atoms with E-state index in [1.54, 1.807) is 13.0 Å². The number of benzene rings is 2. The third-order valence-electron chi connectivity index (χ3n) is 5.21. The van der Waals surface area contributed by atoms with Gasteiger partial charge in [0.05, 0.1) is 5.60 Å². The van der Waals surface area contributed by atoms with E-state index in [1.165, 1.54) is 0 Å². The molecule has 3 nitrogen and oxygen atoms in total. The van der Waals surface area contributed by atoms with Gasteiger partial charge in [0.15, 0.2) is 0 Å². The lowest BCUT2D eigenvalue weighted by atomic mass is 9.90. The molecule has 0 aliphatic carbocycles. The van der Waals surface area contributed by atoms with Gasteiger partial charge in [-0.15, -0.1) is 0 Å². The van der Waals surface area contributed by atoms with Crippen molar-refractivity contribution in [2.45, 2.75) is 25.0 Å². The van der Waals surface area contributed by atoms with Gasteiger partial charge in [0.2, 0.25) is 0 Å². The van der Waals surface area contributed by atoms with Crippen LogP contribution in [0.25, 0.3) is 0 Å². The van der Waals surface area contributed by atoms with Crippen LogP contribution in [0.4, 0.5) is 10.1 Å². The van der Waals surface area contributed by atoms with Crippen molar-refractivity contribution in [1.82, 2.24) is 4.90 Å². The number of hydrogen-bond donors (Lipinski definition) is 1. The molecular formula is C20H21Cl2FN2O. The smallest absolute Gasteiger partial charge is 0.129 e. The lowest BCUT2D eigenvalue weighted by molar-refractivity contribution is -0.0874. The summed E-state index contributed by atoms with van der Waals surface area (Å²) in [6.45, 7) is 5.05. The first-order chi connectivity index (χ1) is 12.3. The zero-order valence-corrected chi connectivity index (χ0v) is 16.1. The van der Waals surface area contributed by atoms with Crippen LogP contribution in [0.3, 0.4) is 0 Å². The van der Waals surface area contributed by atoms with E-state index in [2.05, 4.69) is 4.90 Å². The molecule has 0 radical (unpaired) electrons. The van der Waals surface area contributed by atoms with Crippen LogP contribution < -0.4 is 4.90 Å². The highest BCUT2D eigenvalue weighted by Gasteiger charge is 2.36. The molecule has 2 aromatic rings. The van der Waals surface area contributed by atoms with E-state index >= 15 is 0 Å². The lowest BCUT2D eigenvalue weighted by Gasteiger charge is -2.44. The third kappa shape index (κ3) is 3.44. The van der Waals surface area contributed by atoms with E-state index in [4.69, 9.17) is 23.2 Å². The van der Waals surface area contributed by atoms with Crippen molar-refractivity contribution >= 4 is 28.9 Å². The second-order valence-electron chi connectivity index (χ2n) is 7.66. The Morgan fingerprint density at radius 2 is 1.81 bits per heavy atom. The lowest BCUT2D eigenvalue weighted by Crippen LogP contribution is -2.59. The molecule has 2 saturated heterocycles.